The normalized spacial score (nSPS) is 11.4. The van der Waals surface area contributed by atoms with E-state index in [1.165, 1.54) is 71.5 Å². The van der Waals surface area contributed by atoms with Crippen LogP contribution in [0.2, 0.25) is 0 Å². The highest BCUT2D eigenvalue weighted by molar-refractivity contribution is 6.26. The third kappa shape index (κ3) is 5.70. The molecular formula is C47H42N2. The number of rotatable bonds is 6. The van der Waals surface area contributed by atoms with Gasteiger partial charge in [-0.15, -0.1) is 0 Å². The lowest BCUT2D eigenvalue weighted by atomic mass is 10.0. The molecule has 0 aliphatic carbocycles. The van der Waals surface area contributed by atoms with Crippen molar-refractivity contribution in [3.05, 3.63) is 163 Å². The van der Waals surface area contributed by atoms with Crippen molar-refractivity contribution in [1.29, 1.82) is 0 Å². The molecule has 0 aliphatic rings. The Kier molecular flexibility index (Phi) is 8.63. The van der Waals surface area contributed by atoms with Crippen LogP contribution in [-0.2, 0) is 0 Å². The van der Waals surface area contributed by atoms with Crippen LogP contribution in [0.5, 0.6) is 0 Å². The summed E-state index contributed by atoms with van der Waals surface area (Å²) in [7, 11) is 0. The van der Waals surface area contributed by atoms with Crippen molar-refractivity contribution in [3.8, 4) is 27.9 Å². The second-order valence-corrected chi connectivity index (χ2v) is 12.7. The Bertz CT molecular complexity index is 2500. The van der Waals surface area contributed by atoms with E-state index in [4.69, 9.17) is 0 Å². The molecular weight excluding hydrogens is 593 g/mol. The van der Waals surface area contributed by atoms with Gasteiger partial charge in [0.05, 0.1) is 22.1 Å². The third-order valence-electron chi connectivity index (χ3n) is 9.50. The summed E-state index contributed by atoms with van der Waals surface area (Å²) < 4.78 is 4.67. The summed E-state index contributed by atoms with van der Waals surface area (Å²) in [6.07, 6.45) is 9.19. The highest BCUT2D eigenvalue weighted by Gasteiger charge is 2.20. The summed E-state index contributed by atoms with van der Waals surface area (Å²) in [6.45, 7) is 16.6. The van der Waals surface area contributed by atoms with Crippen LogP contribution < -0.4 is 0 Å². The van der Waals surface area contributed by atoms with Gasteiger partial charge in [0, 0.05) is 33.4 Å². The second kappa shape index (κ2) is 13.3. The van der Waals surface area contributed by atoms with Crippen molar-refractivity contribution < 1.29 is 0 Å². The average Bonchev–Trinajstić information content (AvgIpc) is 3.64. The van der Waals surface area contributed by atoms with Gasteiger partial charge in [0.15, 0.2) is 0 Å². The smallest absolute Gasteiger partial charge is 0.0635 e. The van der Waals surface area contributed by atoms with Gasteiger partial charge in [-0.1, -0.05) is 134 Å². The molecule has 2 heterocycles. The van der Waals surface area contributed by atoms with Crippen LogP contribution in [0.4, 0.5) is 0 Å². The van der Waals surface area contributed by atoms with Crippen LogP contribution in [0.15, 0.2) is 147 Å². The Morgan fingerprint density at radius 1 is 0.571 bits per heavy atom. The largest absolute Gasteiger partial charge is 0.316 e. The van der Waals surface area contributed by atoms with Crippen LogP contribution in [0, 0.1) is 13.8 Å². The molecule has 0 fully saturated rings. The van der Waals surface area contributed by atoms with Crippen LogP contribution in [0.3, 0.4) is 0 Å². The zero-order valence-corrected chi connectivity index (χ0v) is 28.9. The van der Waals surface area contributed by atoms with Crippen molar-refractivity contribution >= 4 is 55.9 Å². The van der Waals surface area contributed by atoms with E-state index in [9.17, 15) is 0 Å². The SMILES string of the molecule is C/C=C\CC.C=Cc1ccc(-n2c3cc(-c4ccc(C)cc4)ccc3c3c4c(ccc32)c2cc(-c3ccc(C)cc3)ccc2n4C=C)cc1. The molecule has 0 radical (unpaired) electrons. The molecule has 240 valence electrons. The number of fused-ring (bicyclic) bond motifs is 7. The number of aromatic nitrogens is 2. The lowest BCUT2D eigenvalue weighted by molar-refractivity contribution is 1.18. The van der Waals surface area contributed by atoms with Crippen molar-refractivity contribution in [2.75, 3.05) is 0 Å². The average molecular weight is 635 g/mol. The summed E-state index contributed by atoms with van der Waals surface area (Å²) >= 11 is 0. The van der Waals surface area contributed by atoms with Crippen molar-refractivity contribution in [2.24, 2.45) is 0 Å². The molecule has 2 nitrogen and oxygen atoms in total. The van der Waals surface area contributed by atoms with Gasteiger partial charge in [-0.25, -0.2) is 0 Å². The Morgan fingerprint density at radius 2 is 1.14 bits per heavy atom. The zero-order valence-electron chi connectivity index (χ0n) is 28.9. The van der Waals surface area contributed by atoms with E-state index >= 15 is 0 Å². The number of allylic oxidation sites excluding steroid dienone is 2. The van der Waals surface area contributed by atoms with Gasteiger partial charge in [0.2, 0.25) is 0 Å². The van der Waals surface area contributed by atoms with Gasteiger partial charge in [-0.3, -0.25) is 0 Å². The minimum absolute atomic E-state index is 1.11. The van der Waals surface area contributed by atoms with Gasteiger partial charge >= 0.3 is 0 Å². The first-order valence-corrected chi connectivity index (χ1v) is 17.1. The highest BCUT2D eigenvalue weighted by Crippen LogP contribution is 2.42. The minimum Gasteiger partial charge on any atom is -0.316 e. The first kappa shape index (κ1) is 31.7. The molecule has 0 amide bonds. The van der Waals surface area contributed by atoms with E-state index in [0.29, 0.717) is 0 Å². The van der Waals surface area contributed by atoms with E-state index in [-0.39, 0.29) is 0 Å². The molecule has 0 saturated heterocycles. The van der Waals surface area contributed by atoms with Crippen LogP contribution in [0.25, 0.3) is 83.8 Å². The van der Waals surface area contributed by atoms with Gasteiger partial charge in [-0.2, -0.15) is 0 Å². The summed E-state index contributed by atoms with van der Waals surface area (Å²) in [6, 6.07) is 44.5. The standard InChI is InChI=1S/C42H32N2.C5H10/c1-5-29-11-19-34(20-12-29)44-39-24-22-35-37-25-32(30-13-7-27(3)8-14-30)18-23-38(37)43(6-2)42(35)41(39)36-21-17-33(26-40(36)44)31-15-9-28(4)10-16-31;1-3-5-4-2/h5-26H,1-2H2,3-4H3;3,5H,4H2,1-2H3/b;5-3-. The molecule has 8 aromatic rings. The van der Waals surface area contributed by atoms with Crippen LogP contribution >= 0.6 is 0 Å². The van der Waals surface area contributed by atoms with Gasteiger partial charge < -0.3 is 9.13 Å². The Labute approximate surface area is 289 Å². The molecule has 2 heteroatoms. The quantitative estimate of drug-likeness (QED) is 0.161. The molecule has 8 rings (SSSR count). The molecule has 0 saturated carbocycles. The number of hydrogen-bond donors (Lipinski definition) is 0. The Hall–Kier alpha value is -5.86. The lowest BCUT2D eigenvalue weighted by Crippen LogP contribution is -1.94. The first-order valence-electron chi connectivity index (χ1n) is 17.1. The van der Waals surface area contributed by atoms with Crippen molar-refractivity contribution in [1.82, 2.24) is 9.13 Å². The monoisotopic (exact) mass is 634 g/mol. The summed E-state index contributed by atoms with van der Waals surface area (Å²) in [5.41, 5.74) is 14.3. The summed E-state index contributed by atoms with van der Waals surface area (Å²) in [4.78, 5) is 0. The molecule has 0 bridgehead atoms. The van der Waals surface area contributed by atoms with Gasteiger partial charge in [0.1, 0.15) is 0 Å². The molecule has 49 heavy (non-hydrogen) atoms. The predicted octanol–water partition coefficient (Wildman–Crippen LogP) is 13.6. The highest BCUT2D eigenvalue weighted by atomic mass is 15.0. The molecule has 2 aromatic heterocycles. The maximum absolute atomic E-state index is 4.27. The molecule has 0 unspecified atom stereocenters. The van der Waals surface area contributed by atoms with Crippen molar-refractivity contribution in [3.63, 3.8) is 0 Å². The van der Waals surface area contributed by atoms with Crippen LogP contribution in [-0.4, -0.2) is 9.13 Å². The van der Waals surface area contributed by atoms with E-state index in [2.05, 4.69) is 177 Å². The molecule has 0 aliphatic heterocycles. The Morgan fingerprint density at radius 3 is 1.71 bits per heavy atom. The lowest BCUT2D eigenvalue weighted by Gasteiger charge is -2.10. The minimum atomic E-state index is 1.11. The van der Waals surface area contributed by atoms with E-state index in [0.717, 1.165) is 23.2 Å². The van der Waals surface area contributed by atoms with Crippen molar-refractivity contribution in [2.45, 2.75) is 34.1 Å². The van der Waals surface area contributed by atoms with E-state index in [1.807, 2.05) is 19.2 Å². The van der Waals surface area contributed by atoms with E-state index < -0.39 is 0 Å². The zero-order chi connectivity index (χ0) is 34.1. The number of benzene rings is 6. The molecule has 0 spiro atoms. The molecule has 0 N–H and O–H groups in total. The number of nitrogens with zero attached hydrogens (tertiary/aromatic N) is 2. The fourth-order valence-electron chi connectivity index (χ4n) is 6.95. The van der Waals surface area contributed by atoms with Gasteiger partial charge in [-0.05, 0) is 91.4 Å². The predicted molar refractivity (Wildman–Crippen MR) is 216 cm³/mol. The maximum atomic E-state index is 4.27. The molecule has 6 aromatic carbocycles. The molecule has 0 atom stereocenters. The van der Waals surface area contributed by atoms with Gasteiger partial charge in [0.25, 0.3) is 0 Å². The fourth-order valence-corrected chi connectivity index (χ4v) is 6.95. The maximum Gasteiger partial charge on any atom is 0.0635 e. The van der Waals surface area contributed by atoms with E-state index in [1.54, 1.807) is 0 Å². The summed E-state index contributed by atoms with van der Waals surface area (Å²) in [5, 5.41) is 4.91. The fraction of sp³-hybridized carbons (Fsp3) is 0.106. The first-order chi connectivity index (χ1) is 23.9. The van der Waals surface area contributed by atoms with Crippen LogP contribution in [0.1, 0.15) is 37.0 Å². The number of aryl methyl sites for hydroxylation is 2. The second-order valence-electron chi connectivity index (χ2n) is 12.7. The number of hydrogen-bond acceptors (Lipinski definition) is 0. The topological polar surface area (TPSA) is 9.86 Å². The summed E-state index contributed by atoms with van der Waals surface area (Å²) in [5.74, 6) is 0. The Balaban J connectivity index is 0.000000707. The third-order valence-corrected chi connectivity index (χ3v) is 9.50.